The zero-order valence-electron chi connectivity index (χ0n) is 14.0. The number of aryl methyl sites for hydroxylation is 2. The second-order valence-corrected chi connectivity index (χ2v) is 6.85. The van der Waals surface area contributed by atoms with Gasteiger partial charge in [-0.15, -0.1) is 0 Å². The number of benzene rings is 1. The van der Waals surface area contributed by atoms with Crippen molar-refractivity contribution in [2.45, 2.75) is 58.0 Å². The number of nitrogens with one attached hydrogen (secondary N) is 1. The summed E-state index contributed by atoms with van der Waals surface area (Å²) >= 11 is 6.04. The van der Waals surface area contributed by atoms with Crippen LogP contribution in [0.3, 0.4) is 0 Å². The lowest BCUT2D eigenvalue weighted by molar-refractivity contribution is -0.121. The molecule has 0 aliphatic heterocycles. The molecule has 0 radical (unpaired) electrons. The molecule has 3 rings (SSSR count). The van der Waals surface area contributed by atoms with E-state index in [4.69, 9.17) is 11.6 Å². The fraction of sp³-hybridized carbons (Fsp3) is 0.500. The Labute approximate surface area is 147 Å². The third-order valence-electron chi connectivity index (χ3n) is 4.37. The number of hydrogen-bond acceptors (Lipinski definition) is 3. The van der Waals surface area contributed by atoms with Gasteiger partial charge >= 0.3 is 0 Å². The van der Waals surface area contributed by atoms with Crippen LogP contribution in [-0.4, -0.2) is 26.7 Å². The smallest absolute Gasteiger partial charge is 0.220 e. The molecule has 0 saturated heterocycles. The summed E-state index contributed by atoms with van der Waals surface area (Å²) in [6.07, 6.45) is 5.70. The number of rotatable bonds is 6. The van der Waals surface area contributed by atoms with Crippen molar-refractivity contribution in [3.05, 3.63) is 46.5 Å². The summed E-state index contributed by atoms with van der Waals surface area (Å²) in [6.45, 7) is 2.48. The molecule has 1 aromatic carbocycles. The van der Waals surface area contributed by atoms with E-state index in [9.17, 15) is 4.79 Å². The van der Waals surface area contributed by atoms with Gasteiger partial charge in [0, 0.05) is 23.9 Å². The van der Waals surface area contributed by atoms with Crippen LogP contribution in [0.4, 0.5) is 0 Å². The highest BCUT2D eigenvalue weighted by molar-refractivity contribution is 6.30. The molecule has 6 heteroatoms. The van der Waals surface area contributed by atoms with Gasteiger partial charge in [-0.05, 0) is 37.5 Å². The molecule has 0 bridgehead atoms. The summed E-state index contributed by atoms with van der Waals surface area (Å²) < 4.78 is 1.86. The number of amides is 1. The average molecular weight is 347 g/mol. The normalized spacial score (nSPS) is 14.9. The minimum atomic E-state index is 0.108. The van der Waals surface area contributed by atoms with Gasteiger partial charge < -0.3 is 5.32 Å². The SMILES string of the molecule is Cc1nc(CCC(=O)NC2CCCC2)n(Cc2cccc(Cl)c2)n1. The van der Waals surface area contributed by atoms with Gasteiger partial charge in [-0.1, -0.05) is 36.6 Å². The summed E-state index contributed by atoms with van der Waals surface area (Å²) in [4.78, 5) is 16.6. The van der Waals surface area contributed by atoms with E-state index in [0.717, 1.165) is 30.1 Å². The molecular weight excluding hydrogens is 324 g/mol. The van der Waals surface area contributed by atoms with Crippen molar-refractivity contribution < 1.29 is 4.79 Å². The molecule has 2 aromatic rings. The van der Waals surface area contributed by atoms with E-state index < -0.39 is 0 Å². The van der Waals surface area contributed by atoms with E-state index in [1.807, 2.05) is 35.9 Å². The van der Waals surface area contributed by atoms with Crippen molar-refractivity contribution in [1.29, 1.82) is 0 Å². The Morgan fingerprint density at radius 3 is 2.92 bits per heavy atom. The van der Waals surface area contributed by atoms with E-state index in [1.54, 1.807) is 0 Å². The number of nitrogens with zero attached hydrogens (tertiary/aromatic N) is 3. The summed E-state index contributed by atoms with van der Waals surface area (Å²) in [7, 11) is 0. The lowest BCUT2D eigenvalue weighted by Gasteiger charge is -2.12. The number of carbonyl (C=O) groups is 1. The summed E-state index contributed by atoms with van der Waals surface area (Å²) in [5.41, 5.74) is 1.07. The third-order valence-corrected chi connectivity index (χ3v) is 4.61. The number of carbonyl (C=O) groups excluding carboxylic acids is 1. The molecule has 1 saturated carbocycles. The molecule has 0 spiro atoms. The molecule has 0 unspecified atom stereocenters. The maximum Gasteiger partial charge on any atom is 0.220 e. The molecule has 5 nitrogen and oxygen atoms in total. The highest BCUT2D eigenvalue weighted by Crippen LogP contribution is 2.18. The molecule has 1 heterocycles. The highest BCUT2D eigenvalue weighted by Gasteiger charge is 2.17. The van der Waals surface area contributed by atoms with Gasteiger partial charge in [0.2, 0.25) is 5.91 Å². The van der Waals surface area contributed by atoms with Crippen LogP contribution in [0.15, 0.2) is 24.3 Å². The summed E-state index contributed by atoms with van der Waals surface area (Å²) in [6, 6.07) is 8.08. The van der Waals surface area contributed by atoms with Crippen LogP contribution in [0, 0.1) is 6.92 Å². The Bertz CT molecular complexity index is 707. The Hall–Kier alpha value is -1.88. The third kappa shape index (κ3) is 4.57. The van der Waals surface area contributed by atoms with E-state index in [2.05, 4.69) is 15.4 Å². The van der Waals surface area contributed by atoms with Crippen LogP contribution in [0.25, 0.3) is 0 Å². The van der Waals surface area contributed by atoms with Crippen LogP contribution >= 0.6 is 11.6 Å². The molecule has 1 fully saturated rings. The minimum Gasteiger partial charge on any atom is -0.353 e. The Morgan fingerprint density at radius 1 is 1.38 bits per heavy atom. The Morgan fingerprint density at radius 2 is 2.17 bits per heavy atom. The van der Waals surface area contributed by atoms with Gasteiger partial charge in [0.15, 0.2) is 0 Å². The van der Waals surface area contributed by atoms with Crippen LogP contribution in [0.1, 0.15) is 49.3 Å². The monoisotopic (exact) mass is 346 g/mol. The summed E-state index contributed by atoms with van der Waals surface area (Å²) in [5.74, 6) is 1.68. The first kappa shape index (κ1) is 17.0. The lowest BCUT2D eigenvalue weighted by atomic mass is 10.2. The second kappa shape index (κ2) is 7.79. The molecule has 1 aliphatic carbocycles. The number of hydrogen-bond donors (Lipinski definition) is 1. The number of halogens is 1. The predicted octanol–water partition coefficient (Wildman–Crippen LogP) is 3.28. The van der Waals surface area contributed by atoms with Gasteiger partial charge in [0.25, 0.3) is 0 Å². The van der Waals surface area contributed by atoms with Crippen LogP contribution in [0.2, 0.25) is 5.02 Å². The van der Waals surface area contributed by atoms with Crippen molar-refractivity contribution in [3.8, 4) is 0 Å². The quantitative estimate of drug-likeness (QED) is 0.873. The fourth-order valence-corrected chi connectivity index (χ4v) is 3.43. The van der Waals surface area contributed by atoms with Crippen LogP contribution < -0.4 is 5.32 Å². The van der Waals surface area contributed by atoms with Crippen molar-refractivity contribution >= 4 is 17.5 Å². The maximum atomic E-state index is 12.1. The van der Waals surface area contributed by atoms with Crippen molar-refractivity contribution in [3.63, 3.8) is 0 Å². The molecule has 128 valence electrons. The highest BCUT2D eigenvalue weighted by atomic mass is 35.5. The molecule has 24 heavy (non-hydrogen) atoms. The minimum absolute atomic E-state index is 0.108. The van der Waals surface area contributed by atoms with Crippen LogP contribution in [-0.2, 0) is 17.8 Å². The first-order valence-corrected chi connectivity index (χ1v) is 8.92. The molecule has 0 atom stereocenters. The average Bonchev–Trinajstić information content (AvgIpc) is 3.15. The van der Waals surface area contributed by atoms with E-state index in [-0.39, 0.29) is 5.91 Å². The van der Waals surface area contributed by atoms with Crippen molar-refractivity contribution in [2.75, 3.05) is 0 Å². The topological polar surface area (TPSA) is 59.8 Å². The zero-order valence-corrected chi connectivity index (χ0v) is 14.7. The van der Waals surface area contributed by atoms with E-state index in [0.29, 0.717) is 30.5 Å². The zero-order chi connectivity index (χ0) is 16.9. The Kier molecular flexibility index (Phi) is 5.51. The van der Waals surface area contributed by atoms with Gasteiger partial charge in [0.05, 0.1) is 6.54 Å². The fourth-order valence-electron chi connectivity index (χ4n) is 3.21. The van der Waals surface area contributed by atoms with Crippen LogP contribution in [0.5, 0.6) is 0 Å². The Balaban J connectivity index is 1.60. The van der Waals surface area contributed by atoms with E-state index >= 15 is 0 Å². The molecule has 1 aliphatic rings. The summed E-state index contributed by atoms with van der Waals surface area (Å²) in [5, 5.41) is 8.28. The second-order valence-electron chi connectivity index (χ2n) is 6.41. The van der Waals surface area contributed by atoms with Crippen molar-refractivity contribution in [1.82, 2.24) is 20.1 Å². The van der Waals surface area contributed by atoms with Crippen molar-refractivity contribution in [2.24, 2.45) is 0 Å². The molecular formula is C18H23ClN4O. The molecule has 1 N–H and O–H groups in total. The molecule has 1 amide bonds. The predicted molar refractivity (Wildman–Crippen MR) is 94.0 cm³/mol. The number of aromatic nitrogens is 3. The largest absolute Gasteiger partial charge is 0.353 e. The first-order valence-electron chi connectivity index (χ1n) is 8.54. The first-order chi connectivity index (χ1) is 11.6. The van der Waals surface area contributed by atoms with Gasteiger partial charge in [-0.25, -0.2) is 9.67 Å². The van der Waals surface area contributed by atoms with Gasteiger partial charge in [-0.3, -0.25) is 4.79 Å². The standard InChI is InChI=1S/C18H23ClN4O/c1-13-20-17(9-10-18(24)21-16-7-2-3-8-16)23(22-13)12-14-5-4-6-15(19)11-14/h4-6,11,16H,2-3,7-10,12H2,1H3,(H,21,24). The van der Waals surface area contributed by atoms with Gasteiger partial charge in [-0.2, -0.15) is 5.10 Å². The maximum absolute atomic E-state index is 12.1. The van der Waals surface area contributed by atoms with Gasteiger partial charge in [0.1, 0.15) is 11.6 Å². The molecule has 1 aromatic heterocycles. The lowest BCUT2D eigenvalue weighted by Crippen LogP contribution is -2.32. The van der Waals surface area contributed by atoms with E-state index in [1.165, 1.54) is 12.8 Å².